The molecule has 3 saturated carbocycles. The normalized spacial score (nSPS) is 34.3. The fourth-order valence-electron chi connectivity index (χ4n) is 5.29. The van der Waals surface area contributed by atoms with E-state index in [0.717, 1.165) is 35.5 Å². The van der Waals surface area contributed by atoms with Gasteiger partial charge in [-0.1, -0.05) is 26.0 Å². The molecule has 4 aliphatic rings. The highest BCUT2D eigenvalue weighted by atomic mass is 16.5. The minimum atomic E-state index is -0.218. The predicted octanol–water partition coefficient (Wildman–Crippen LogP) is 3.92. The average Bonchev–Trinajstić information content (AvgIpc) is 2.87. The van der Waals surface area contributed by atoms with Crippen LogP contribution in [-0.4, -0.2) is 5.60 Å². The molecule has 0 saturated heterocycles. The largest absolute Gasteiger partial charge is 0.485 e. The van der Waals surface area contributed by atoms with E-state index in [9.17, 15) is 4.79 Å². The summed E-state index contributed by atoms with van der Waals surface area (Å²) in [6.07, 6.45) is 4.23. The van der Waals surface area contributed by atoms with Crippen LogP contribution < -0.4 is 10.4 Å². The van der Waals surface area contributed by atoms with Gasteiger partial charge in [-0.3, -0.25) is 0 Å². The van der Waals surface area contributed by atoms with E-state index in [1.165, 1.54) is 12.8 Å². The quantitative estimate of drug-likeness (QED) is 0.692. The average molecular weight is 296 g/mol. The first-order chi connectivity index (χ1) is 10.5. The molecule has 3 aliphatic carbocycles. The Kier molecular flexibility index (Phi) is 2.18. The molecule has 2 heterocycles. The van der Waals surface area contributed by atoms with Crippen molar-refractivity contribution >= 4 is 11.0 Å². The molecule has 114 valence electrons. The smallest absolute Gasteiger partial charge is 0.343 e. The fraction of sp³-hybridized carbons (Fsp3) is 0.526. The van der Waals surface area contributed by atoms with Crippen LogP contribution in [0.5, 0.6) is 5.75 Å². The van der Waals surface area contributed by atoms with Crippen molar-refractivity contribution in [2.24, 2.45) is 17.3 Å². The molecule has 3 nitrogen and oxygen atoms in total. The molecule has 2 aromatic rings. The Morgan fingerprint density at radius 2 is 2.05 bits per heavy atom. The zero-order valence-electron chi connectivity index (χ0n) is 13.0. The van der Waals surface area contributed by atoms with Crippen molar-refractivity contribution < 1.29 is 9.15 Å². The number of hydrogen-bond donors (Lipinski definition) is 0. The van der Waals surface area contributed by atoms with Gasteiger partial charge in [0.2, 0.25) is 0 Å². The molecule has 3 heteroatoms. The molecule has 1 spiro atoms. The molecule has 0 radical (unpaired) electrons. The van der Waals surface area contributed by atoms with Crippen LogP contribution >= 0.6 is 0 Å². The Balaban J connectivity index is 1.68. The molecule has 0 amide bonds. The lowest BCUT2D eigenvalue weighted by Crippen LogP contribution is -2.63. The van der Waals surface area contributed by atoms with Crippen LogP contribution in [0.4, 0.5) is 0 Å². The van der Waals surface area contributed by atoms with Gasteiger partial charge in [0.15, 0.2) is 0 Å². The van der Waals surface area contributed by atoms with E-state index >= 15 is 0 Å². The zero-order valence-corrected chi connectivity index (χ0v) is 13.0. The van der Waals surface area contributed by atoms with E-state index < -0.39 is 0 Å². The lowest BCUT2D eigenvalue weighted by Gasteiger charge is -2.63. The monoisotopic (exact) mass is 296 g/mol. The van der Waals surface area contributed by atoms with Gasteiger partial charge in [0.1, 0.15) is 16.9 Å². The van der Waals surface area contributed by atoms with Gasteiger partial charge in [0.05, 0.1) is 10.9 Å². The van der Waals surface area contributed by atoms with E-state index in [2.05, 4.69) is 13.8 Å². The lowest BCUT2D eigenvalue weighted by atomic mass is 9.43. The van der Waals surface area contributed by atoms with Gasteiger partial charge in [-0.05, 0) is 42.7 Å². The molecule has 22 heavy (non-hydrogen) atoms. The van der Waals surface area contributed by atoms with Crippen LogP contribution in [0.25, 0.3) is 11.0 Å². The third-order valence-electron chi connectivity index (χ3n) is 6.66. The van der Waals surface area contributed by atoms with Gasteiger partial charge < -0.3 is 9.15 Å². The predicted molar refractivity (Wildman–Crippen MR) is 84.2 cm³/mol. The van der Waals surface area contributed by atoms with Crippen molar-refractivity contribution in [3.63, 3.8) is 0 Å². The highest BCUT2D eigenvalue weighted by Crippen LogP contribution is 2.65. The molecule has 3 fully saturated rings. The molecule has 1 aromatic carbocycles. The van der Waals surface area contributed by atoms with Gasteiger partial charge in [-0.15, -0.1) is 0 Å². The van der Waals surface area contributed by atoms with Crippen LogP contribution in [0.3, 0.4) is 0 Å². The molecular formula is C19H20O3. The van der Waals surface area contributed by atoms with Crippen LogP contribution in [-0.2, 0) is 6.42 Å². The standard InChI is InChI=1S/C19H20O3/c1-18(2)11-7-8-19(15(18)9-11)10-13-16(22-19)12-5-3-4-6-14(12)21-17(13)20/h3-6,11,15H,7-10H2,1-2H3/t11-,15+,19?/m0/s1. The maximum Gasteiger partial charge on any atom is 0.343 e. The summed E-state index contributed by atoms with van der Waals surface area (Å²) in [6.45, 7) is 4.72. The van der Waals surface area contributed by atoms with E-state index in [1.54, 1.807) is 0 Å². The molecule has 1 aromatic heterocycles. The second-order valence-electron chi connectivity index (χ2n) is 7.88. The Morgan fingerprint density at radius 3 is 2.82 bits per heavy atom. The topological polar surface area (TPSA) is 39.4 Å². The van der Waals surface area contributed by atoms with Crippen molar-refractivity contribution in [2.45, 2.75) is 45.1 Å². The van der Waals surface area contributed by atoms with Gasteiger partial charge in [0, 0.05) is 12.3 Å². The molecule has 3 atom stereocenters. The Hall–Kier alpha value is -1.77. The maximum absolute atomic E-state index is 12.4. The summed E-state index contributed by atoms with van der Waals surface area (Å²) in [5, 5.41) is 0.938. The first-order valence-corrected chi connectivity index (χ1v) is 8.25. The van der Waals surface area contributed by atoms with Crippen molar-refractivity contribution in [3.05, 3.63) is 40.2 Å². The van der Waals surface area contributed by atoms with Gasteiger partial charge >= 0.3 is 5.63 Å². The summed E-state index contributed by atoms with van der Waals surface area (Å²) in [6, 6.07) is 7.70. The van der Waals surface area contributed by atoms with Gasteiger partial charge in [0.25, 0.3) is 0 Å². The summed E-state index contributed by atoms with van der Waals surface area (Å²) in [5.41, 5.74) is 1.31. The summed E-state index contributed by atoms with van der Waals surface area (Å²) in [5.74, 6) is 2.15. The van der Waals surface area contributed by atoms with Crippen molar-refractivity contribution in [2.75, 3.05) is 0 Å². The molecule has 1 unspecified atom stereocenters. The summed E-state index contributed by atoms with van der Waals surface area (Å²) in [7, 11) is 0. The fourth-order valence-corrected chi connectivity index (χ4v) is 5.29. The highest BCUT2D eigenvalue weighted by Gasteiger charge is 2.64. The molecule has 6 rings (SSSR count). The van der Waals surface area contributed by atoms with Crippen molar-refractivity contribution in [1.29, 1.82) is 0 Å². The van der Waals surface area contributed by atoms with Gasteiger partial charge in [-0.25, -0.2) is 4.79 Å². The molecular weight excluding hydrogens is 276 g/mol. The van der Waals surface area contributed by atoms with Gasteiger partial charge in [-0.2, -0.15) is 0 Å². The summed E-state index contributed by atoms with van der Waals surface area (Å²) < 4.78 is 12.1. The van der Waals surface area contributed by atoms with Crippen LogP contribution in [0.15, 0.2) is 33.5 Å². The highest BCUT2D eigenvalue weighted by molar-refractivity contribution is 5.85. The number of ether oxygens (including phenoxy) is 1. The minimum Gasteiger partial charge on any atom is -0.485 e. The Labute approximate surface area is 129 Å². The second-order valence-corrected chi connectivity index (χ2v) is 7.88. The van der Waals surface area contributed by atoms with E-state index in [1.807, 2.05) is 24.3 Å². The van der Waals surface area contributed by atoms with E-state index in [-0.39, 0.29) is 11.2 Å². The van der Waals surface area contributed by atoms with Crippen LogP contribution in [0.1, 0.15) is 38.7 Å². The molecule has 2 bridgehead atoms. The number of benzene rings is 1. The minimum absolute atomic E-state index is 0.181. The SMILES string of the molecule is CC1(C)[C@H]2CCC3(Cc4c(c5ccccc5oc4=O)O3)[C@@H]1C2. The second kappa shape index (κ2) is 3.76. The third kappa shape index (κ3) is 1.35. The third-order valence-corrected chi connectivity index (χ3v) is 6.66. The molecule has 1 aliphatic heterocycles. The molecule has 0 N–H and O–H groups in total. The number of para-hydroxylation sites is 1. The van der Waals surface area contributed by atoms with E-state index in [4.69, 9.17) is 9.15 Å². The number of fused-ring (bicyclic) bond motifs is 4. The Morgan fingerprint density at radius 1 is 1.23 bits per heavy atom. The van der Waals surface area contributed by atoms with Crippen molar-refractivity contribution in [3.8, 4) is 5.75 Å². The van der Waals surface area contributed by atoms with Crippen molar-refractivity contribution in [1.82, 2.24) is 0 Å². The first-order valence-electron chi connectivity index (χ1n) is 8.25. The zero-order chi connectivity index (χ0) is 15.1. The van der Waals surface area contributed by atoms with E-state index in [0.29, 0.717) is 16.9 Å². The lowest BCUT2D eigenvalue weighted by molar-refractivity contribution is -0.180. The summed E-state index contributed by atoms with van der Waals surface area (Å²) >= 11 is 0. The first kappa shape index (κ1) is 12.7. The number of hydrogen-bond acceptors (Lipinski definition) is 3. The maximum atomic E-state index is 12.4. The number of rotatable bonds is 0. The summed E-state index contributed by atoms with van der Waals surface area (Å²) in [4.78, 5) is 12.4. The van der Waals surface area contributed by atoms with Crippen LogP contribution in [0.2, 0.25) is 0 Å². The van der Waals surface area contributed by atoms with Crippen LogP contribution in [0, 0.1) is 17.3 Å². The Bertz CT molecular complexity index is 845.